The molecule has 2 aromatic rings. The molecule has 1 unspecified atom stereocenters. The fourth-order valence-corrected chi connectivity index (χ4v) is 2.76. The molecule has 21 heavy (non-hydrogen) atoms. The largest absolute Gasteiger partial charge is 0.598 e. The molecule has 2 atom stereocenters. The smallest absolute Gasteiger partial charge is 0.139 e. The van der Waals surface area contributed by atoms with Crippen LogP contribution in [0.25, 0.3) is 10.9 Å². The van der Waals surface area contributed by atoms with Crippen molar-refractivity contribution in [3.8, 4) is 0 Å². The quantitative estimate of drug-likeness (QED) is 0.647. The average Bonchev–Trinajstić information content (AvgIpc) is 2.43. The lowest BCUT2D eigenvalue weighted by atomic mass is 10.0. The molecule has 0 radical (unpaired) electrons. The topological polar surface area (TPSA) is 62.0 Å². The SMILES string of the molecule is CC(C)(CCC(Cl)c1cnc2ccc(Cl)cc2c1)[S@+](N)[O-]. The predicted octanol–water partition coefficient (Wildman–Crippen LogP) is 4.35. The van der Waals surface area contributed by atoms with E-state index in [1.807, 2.05) is 38.1 Å². The van der Waals surface area contributed by atoms with Gasteiger partial charge >= 0.3 is 0 Å². The molecule has 0 saturated carbocycles. The minimum Gasteiger partial charge on any atom is -0.598 e. The van der Waals surface area contributed by atoms with Gasteiger partial charge in [0.25, 0.3) is 0 Å². The van der Waals surface area contributed by atoms with Gasteiger partial charge in [0.05, 0.1) is 10.9 Å². The van der Waals surface area contributed by atoms with E-state index in [1.165, 1.54) is 0 Å². The third-order valence-electron chi connectivity index (χ3n) is 3.57. The number of halogens is 2. The molecule has 0 fully saturated rings. The van der Waals surface area contributed by atoms with Crippen molar-refractivity contribution in [2.75, 3.05) is 0 Å². The molecule has 1 heterocycles. The number of nitrogens with zero attached hydrogens (tertiary/aromatic N) is 1. The summed E-state index contributed by atoms with van der Waals surface area (Å²) < 4.78 is 11.0. The minimum absolute atomic E-state index is 0.191. The van der Waals surface area contributed by atoms with E-state index in [-0.39, 0.29) is 5.38 Å². The van der Waals surface area contributed by atoms with Crippen LogP contribution in [-0.4, -0.2) is 14.3 Å². The highest BCUT2D eigenvalue weighted by Crippen LogP contribution is 2.32. The van der Waals surface area contributed by atoms with Crippen molar-refractivity contribution in [3.05, 3.63) is 41.0 Å². The van der Waals surface area contributed by atoms with E-state index in [9.17, 15) is 4.55 Å². The van der Waals surface area contributed by atoms with Crippen LogP contribution in [0.5, 0.6) is 0 Å². The lowest BCUT2D eigenvalue weighted by molar-refractivity contribution is 0.513. The Labute approximate surface area is 138 Å². The Balaban J connectivity index is 2.14. The first-order valence-corrected chi connectivity index (χ1v) is 8.68. The zero-order valence-electron chi connectivity index (χ0n) is 12.0. The zero-order valence-corrected chi connectivity index (χ0v) is 14.3. The standard InChI is InChI=1S/C15H18Cl2N2OS/c1-15(2,21(18)20)6-5-13(17)11-7-10-8-12(16)3-4-14(10)19-9-11/h3-4,7-9,13H,5-6,18H2,1-2H3/t13?,21-/m1/s1. The molecule has 0 bridgehead atoms. The highest BCUT2D eigenvalue weighted by molar-refractivity contribution is 7.90. The van der Waals surface area contributed by atoms with Gasteiger partial charge in [-0.15, -0.1) is 11.6 Å². The van der Waals surface area contributed by atoms with Gasteiger partial charge in [0, 0.05) is 34.4 Å². The van der Waals surface area contributed by atoms with Crippen LogP contribution in [0, 0.1) is 0 Å². The van der Waals surface area contributed by atoms with Gasteiger partial charge in [0.2, 0.25) is 0 Å². The van der Waals surface area contributed by atoms with E-state index < -0.39 is 16.1 Å². The van der Waals surface area contributed by atoms with Gasteiger partial charge in [-0.3, -0.25) is 4.98 Å². The number of hydrogen-bond acceptors (Lipinski definition) is 3. The zero-order chi connectivity index (χ0) is 15.6. The van der Waals surface area contributed by atoms with Crippen LogP contribution >= 0.6 is 23.2 Å². The average molecular weight is 345 g/mol. The Bertz CT molecular complexity index is 634. The maximum absolute atomic E-state index is 11.4. The Hall–Kier alpha value is -0.520. The first-order chi connectivity index (χ1) is 9.79. The molecule has 2 N–H and O–H groups in total. The number of nitrogens with two attached hydrogens (primary N) is 1. The van der Waals surface area contributed by atoms with Gasteiger partial charge in [-0.25, -0.2) is 0 Å². The van der Waals surface area contributed by atoms with Crippen LogP contribution in [0.2, 0.25) is 5.02 Å². The highest BCUT2D eigenvalue weighted by Gasteiger charge is 2.30. The molecule has 0 amide bonds. The minimum atomic E-state index is -1.37. The molecule has 0 aliphatic carbocycles. The van der Waals surface area contributed by atoms with Crippen molar-refractivity contribution in [1.29, 1.82) is 0 Å². The monoisotopic (exact) mass is 344 g/mol. The Kier molecular flexibility index (Phi) is 5.38. The number of benzene rings is 1. The maximum Gasteiger partial charge on any atom is 0.139 e. The van der Waals surface area contributed by atoms with Crippen LogP contribution < -0.4 is 5.14 Å². The van der Waals surface area contributed by atoms with Crippen LogP contribution in [0.1, 0.15) is 37.6 Å². The third kappa shape index (κ3) is 4.24. The van der Waals surface area contributed by atoms with Crippen LogP contribution in [0.15, 0.2) is 30.5 Å². The van der Waals surface area contributed by atoms with Crippen LogP contribution in [-0.2, 0) is 11.4 Å². The molecule has 1 aromatic carbocycles. The number of alkyl halides is 1. The maximum atomic E-state index is 11.4. The summed E-state index contributed by atoms with van der Waals surface area (Å²) in [6, 6.07) is 7.56. The summed E-state index contributed by atoms with van der Waals surface area (Å²) in [6.45, 7) is 3.76. The van der Waals surface area contributed by atoms with Gasteiger partial charge in [0.1, 0.15) is 4.75 Å². The number of hydrogen-bond donors (Lipinski definition) is 1. The van der Waals surface area contributed by atoms with Gasteiger partial charge in [-0.1, -0.05) is 11.6 Å². The van der Waals surface area contributed by atoms with Crippen molar-refractivity contribution in [2.24, 2.45) is 5.14 Å². The second-order valence-corrected chi connectivity index (χ2v) is 8.33. The molecule has 114 valence electrons. The molecule has 6 heteroatoms. The lowest BCUT2D eigenvalue weighted by Crippen LogP contribution is -2.37. The van der Waals surface area contributed by atoms with Crippen molar-refractivity contribution in [3.63, 3.8) is 0 Å². The number of rotatable bonds is 5. The molecule has 0 spiro atoms. The van der Waals surface area contributed by atoms with E-state index in [2.05, 4.69) is 4.98 Å². The fraction of sp³-hybridized carbons (Fsp3) is 0.400. The molecule has 1 aromatic heterocycles. The van der Waals surface area contributed by atoms with Crippen molar-refractivity contribution in [1.82, 2.24) is 4.98 Å². The molecule has 2 rings (SSSR count). The molecular formula is C15H18Cl2N2OS. The van der Waals surface area contributed by atoms with E-state index in [0.717, 1.165) is 16.5 Å². The summed E-state index contributed by atoms with van der Waals surface area (Å²) in [4.78, 5) is 4.40. The Morgan fingerprint density at radius 1 is 1.38 bits per heavy atom. The molecule has 0 aliphatic heterocycles. The van der Waals surface area contributed by atoms with Crippen LogP contribution in [0.4, 0.5) is 0 Å². The molecule has 3 nitrogen and oxygen atoms in total. The number of fused-ring (bicyclic) bond motifs is 1. The number of aromatic nitrogens is 1. The fourth-order valence-electron chi connectivity index (χ4n) is 2.03. The van der Waals surface area contributed by atoms with E-state index in [1.54, 1.807) is 6.20 Å². The Morgan fingerprint density at radius 3 is 2.76 bits per heavy atom. The van der Waals surface area contributed by atoms with Crippen LogP contribution in [0.3, 0.4) is 0 Å². The van der Waals surface area contributed by atoms with E-state index >= 15 is 0 Å². The third-order valence-corrected chi connectivity index (χ3v) is 5.57. The molecular weight excluding hydrogens is 327 g/mol. The summed E-state index contributed by atoms with van der Waals surface area (Å²) >= 11 is 11.1. The van der Waals surface area contributed by atoms with Gasteiger partial charge < -0.3 is 4.55 Å². The Morgan fingerprint density at radius 2 is 2.10 bits per heavy atom. The lowest BCUT2D eigenvalue weighted by Gasteiger charge is -2.25. The molecule has 0 saturated heterocycles. The summed E-state index contributed by atoms with van der Waals surface area (Å²) in [6.07, 6.45) is 3.14. The first kappa shape index (κ1) is 16.8. The van der Waals surface area contributed by atoms with Crippen molar-refractivity contribution < 1.29 is 4.55 Å². The van der Waals surface area contributed by atoms with Crippen molar-refractivity contribution >= 4 is 45.5 Å². The first-order valence-electron chi connectivity index (χ1n) is 6.65. The summed E-state index contributed by atoms with van der Waals surface area (Å²) in [5.74, 6) is 0. The second-order valence-electron chi connectivity index (χ2n) is 5.67. The van der Waals surface area contributed by atoms with Crippen molar-refractivity contribution in [2.45, 2.75) is 36.8 Å². The predicted molar refractivity (Wildman–Crippen MR) is 91.0 cm³/mol. The summed E-state index contributed by atoms with van der Waals surface area (Å²) in [5.41, 5.74) is 1.82. The molecule has 0 aliphatic rings. The van der Waals surface area contributed by atoms with Gasteiger partial charge in [0.15, 0.2) is 0 Å². The second kappa shape index (κ2) is 6.71. The van der Waals surface area contributed by atoms with Gasteiger partial charge in [-0.05, 0) is 50.1 Å². The summed E-state index contributed by atoms with van der Waals surface area (Å²) in [5, 5.41) is 6.94. The highest BCUT2D eigenvalue weighted by atomic mass is 35.5. The number of pyridine rings is 1. The van der Waals surface area contributed by atoms with E-state index in [4.69, 9.17) is 28.3 Å². The van der Waals surface area contributed by atoms with Gasteiger partial charge in [-0.2, -0.15) is 5.14 Å². The normalized spacial score (nSPS) is 15.1. The van der Waals surface area contributed by atoms with E-state index in [0.29, 0.717) is 17.9 Å². The summed E-state index contributed by atoms with van der Waals surface area (Å²) in [7, 11) is 0.